The minimum Gasteiger partial charge on any atom is -0.481 e. The Balaban J connectivity index is 1.00. The maximum Gasteiger partial charge on any atom is 0.327 e. The highest BCUT2D eigenvalue weighted by Crippen LogP contribution is 2.50. The number of nitrogens with two attached hydrogens (primary N) is 1. The first-order chi connectivity index (χ1) is 25.2. The lowest BCUT2D eigenvalue weighted by atomic mass is 10.0. The standard InChI is InChI=1S/C31H32N10O11S/c32-30-37-23-22(25(46)38-30)35-15(11-34-23)10-33-14-3-1-13(2-4-14)24(45)36-18(28(49)50)8-6-16(42)5-7-17-26(47)40-19(9-21(43)44)27(48)41-20(29(51)52)12-53-31(40,41)39-17/h1-4,11,17-20,33,39H,5-10,12H2,(H,36,45)(H,43,44)(H,49,50)(H,51,52)(H3,32,34,37,38,46)/t17-,18+,19-,20-,31?/m0/s1. The van der Waals surface area contributed by atoms with Crippen LogP contribution in [-0.2, 0) is 35.3 Å². The smallest absolute Gasteiger partial charge is 0.327 e. The van der Waals surface area contributed by atoms with Gasteiger partial charge in [-0.15, -0.1) is 0 Å². The van der Waals surface area contributed by atoms with E-state index < -0.39 is 82.7 Å². The number of nitrogens with zero attached hydrogens (tertiary/aromatic N) is 5. The number of Topliss-reactive ketones (excluding diaryl/α,β-unsaturated/α-hetero) is 1. The average molecular weight is 753 g/mol. The van der Waals surface area contributed by atoms with E-state index in [-0.39, 0.29) is 60.7 Å². The van der Waals surface area contributed by atoms with Gasteiger partial charge in [0.15, 0.2) is 11.2 Å². The first kappa shape index (κ1) is 36.6. The molecule has 1 unspecified atom stereocenters. The molecular weight excluding hydrogens is 720 g/mol. The second-order valence-electron chi connectivity index (χ2n) is 12.4. The molecule has 3 fully saturated rings. The SMILES string of the molecule is Nc1nc2ncc(CNc3ccc(C(=O)N[C@H](CCC(=O)CC[C@@H]4NC56SC[C@@H](C(=O)O)N5C(=O)[C@H](CC(=O)O)N6C4=O)C(=O)O)cc3)nc2c(=O)[nH]1. The summed E-state index contributed by atoms with van der Waals surface area (Å²) in [6.45, 7) is 0.172. The number of H-pyrrole nitrogens is 1. The Morgan fingerprint density at radius 3 is 2.43 bits per heavy atom. The van der Waals surface area contributed by atoms with Crippen LogP contribution in [0.1, 0.15) is 48.2 Å². The summed E-state index contributed by atoms with van der Waals surface area (Å²) >= 11 is 0.979. The van der Waals surface area contributed by atoms with E-state index in [1.54, 1.807) is 12.1 Å². The van der Waals surface area contributed by atoms with Crippen molar-refractivity contribution < 1.29 is 48.9 Å². The molecular formula is C31H32N10O11S. The number of aromatic amines is 1. The second-order valence-corrected chi connectivity index (χ2v) is 13.6. The maximum absolute atomic E-state index is 13.4. The van der Waals surface area contributed by atoms with Gasteiger partial charge in [0.25, 0.3) is 17.4 Å². The monoisotopic (exact) mass is 752 g/mol. The fourth-order valence-electron chi connectivity index (χ4n) is 6.41. The molecule has 5 atom stereocenters. The highest BCUT2D eigenvalue weighted by atomic mass is 32.2. The fraction of sp³-hybridized carbons (Fsp3) is 0.387. The Bertz CT molecular complexity index is 2100. The number of benzene rings is 1. The minimum absolute atomic E-state index is 0.0180. The van der Waals surface area contributed by atoms with Crippen LogP contribution in [0.5, 0.6) is 0 Å². The highest BCUT2D eigenvalue weighted by Gasteiger charge is 2.70. The van der Waals surface area contributed by atoms with Crippen molar-refractivity contribution in [3.8, 4) is 0 Å². The first-order valence-corrected chi connectivity index (χ1v) is 17.1. The number of fused-ring (bicyclic) bond motifs is 1. The molecule has 0 radical (unpaired) electrons. The number of anilines is 2. The minimum atomic E-state index is -1.60. The van der Waals surface area contributed by atoms with Gasteiger partial charge in [0, 0.05) is 29.8 Å². The molecule has 0 aliphatic carbocycles. The van der Waals surface area contributed by atoms with Crippen LogP contribution >= 0.6 is 11.8 Å². The van der Waals surface area contributed by atoms with Gasteiger partial charge in [-0.25, -0.2) is 19.6 Å². The Morgan fingerprint density at radius 2 is 1.75 bits per heavy atom. The number of hydrogen-bond acceptors (Lipinski definition) is 15. The maximum atomic E-state index is 13.4. The summed E-state index contributed by atoms with van der Waals surface area (Å²) in [5.74, 6) is -6.74. The molecule has 1 spiro atoms. The van der Waals surface area contributed by atoms with E-state index >= 15 is 0 Å². The van der Waals surface area contributed by atoms with Crippen molar-refractivity contribution in [2.45, 2.75) is 67.9 Å². The summed E-state index contributed by atoms with van der Waals surface area (Å²) in [6, 6.07) is 0.886. The summed E-state index contributed by atoms with van der Waals surface area (Å²) in [7, 11) is 0. The second kappa shape index (κ2) is 14.5. The van der Waals surface area contributed by atoms with Crippen molar-refractivity contribution >= 4 is 76.0 Å². The molecule has 2 aromatic heterocycles. The van der Waals surface area contributed by atoms with E-state index in [9.17, 15) is 53.7 Å². The number of aromatic nitrogens is 4. The zero-order chi connectivity index (χ0) is 38.2. The van der Waals surface area contributed by atoms with Gasteiger partial charge in [-0.1, -0.05) is 11.8 Å². The molecule has 53 heavy (non-hydrogen) atoms. The van der Waals surface area contributed by atoms with Crippen molar-refractivity contribution in [1.82, 2.24) is 40.4 Å². The molecule has 3 amide bonds. The van der Waals surface area contributed by atoms with Crippen LogP contribution in [0, 0.1) is 0 Å². The molecule has 3 aliphatic rings. The molecule has 0 saturated carbocycles. The predicted molar refractivity (Wildman–Crippen MR) is 182 cm³/mol. The summed E-state index contributed by atoms with van der Waals surface area (Å²) in [6.07, 6.45) is -0.0929. The largest absolute Gasteiger partial charge is 0.481 e. The third kappa shape index (κ3) is 7.17. The van der Waals surface area contributed by atoms with Crippen LogP contribution in [-0.4, -0.2) is 122 Å². The molecule has 5 heterocycles. The van der Waals surface area contributed by atoms with Gasteiger partial charge >= 0.3 is 17.9 Å². The van der Waals surface area contributed by atoms with E-state index in [1.165, 1.54) is 18.3 Å². The molecule has 21 nitrogen and oxygen atoms in total. The number of amides is 3. The van der Waals surface area contributed by atoms with Crippen LogP contribution in [0.4, 0.5) is 11.6 Å². The van der Waals surface area contributed by atoms with Crippen molar-refractivity contribution in [2.24, 2.45) is 0 Å². The van der Waals surface area contributed by atoms with Crippen molar-refractivity contribution in [1.29, 1.82) is 0 Å². The number of hydrogen-bond donors (Lipinski definition) is 8. The quantitative estimate of drug-likeness (QED) is 0.0877. The topological polar surface area (TPSA) is 320 Å². The normalized spacial score (nSPS) is 22.4. The van der Waals surface area contributed by atoms with Gasteiger partial charge in [-0.3, -0.25) is 48.9 Å². The number of carbonyl (C=O) groups is 7. The number of thioether (sulfide) groups is 1. The van der Waals surface area contributed by atoms with Gasteiger partial charge in [-0.05, 0) is 37.1 Å². The van der Waals surface area contributed by atoms with Crippen molar-refractivity contribution in [2.75, 3.05) is 16.8 Å². The Kier molecular flexibility index (Phi) is 9.99. The van der Waals surface area contributed by atoms with E-state index in [0.717, 1.165) is 21.6 Å². The lowest BCUT2D eigenvalue weighted by molar-refractivity contribution is -0.149. The number of rotatable bonds is 15. The number of carbonyl (C=O) groups excluding carboxylic acids is 4. The van der Waals surface area contributed by atoms with Crippen LogP contribution < -0.4 is 27.2 Å². The molecule has 0 bridgehead atoms. The summed E-state index contributed by atoms with van der Waals surface area (Å²) in [5.41, 5.74) is 6.24. The van der Waals surface area contributed by atoms with E-state index in [2.05, 4.69) is 35.9 Å². The molecule has 278 valence electrons. The van der Waals surface area contributed by atoms with Gasteiger partial charge in [0.2, 0.25) is 17.0 Å². The zero-order valence-electron chi connectivity index (χ0n) is 27.5. The molecule has 22 heteroatoms. The van der Waals surface area contributed by atoms with Crippen LogP contribution in [0.25, 0.3) is 11.2 Å². The molecule has 3 saturated heterocycles. The summed E-state index contributed by atoms with van der Waals surface area (Å²) in [4.78, 5) is 116. The van der Waals surface area contributed by atoms with Gasteiger partial charge in [0.1, 0.15) is 23.9 Å². The number of aliphatic carboxylic acids is 3. The first-order valence-electron chi connectivity index (χ1n) is 16.1. The molecule has 9 N–H and O–H groups in total. The van der Waals surface area contributed by atoms with Gasteiger partial charge in [0.05, 0.1) is 30.9 Å². The Morgan fingerprint density at radius 1 is 1.02 bits per heavy atom. The van der Waals surface area contributed by atoms with E-state index in [0.29, 0.717) is 11.4 Å². The summed E-state index contributed by atoms with van der Waals surface area (Å²) in [5, 5.41) is 35.6. The number of carboxylic acid groups (broad SMARTS) is 3. The van der Waals surface area contributed by atoms with Crippen LogP contribution in [0.3, 0.4) is 0 Å². The number of nitrogens with one attached hydrogen (secondary N) is 4. The third-order valence-electron chi connectivity index (χ3n) is 8.93. The fourth-order valence-corrected chi connectivity index (χ4v) is 8.03. The average Bonchev–Trinajstić information content (AvgIpc) is 3.69. The Labute approximate surface area is 301 Å². The van der Waals surface area contributed by atoms with Crippen molar-refractivity contribution in [3.63, 3.8) is 0 Å². The number of ketones is 1. The van der Waals surface area contributed by atoms with Crippen LogP contribution in [0.2, 0.25) is 0 Å². The van der Waals surface area contributed by atoms with E-state index in [4.69, 9.17) is 5.73 Å². The number of carboxylic acids is 3. The number of nitrogen functional groups attached to an aromatic ring is 1. The highest BCUT2D eigenvalue weighted by molar-refractivity contribution is 8.00. The summed E-state index contributed by atoms with van der Waals surface area (Å²) < 4.78 is 0. The molecule has 6 rings (SSSR count). The van der Waals surface area contributed by atoms with Crippen molar-refractivity contribution in [3.05, 3.63) is 52.1 Å². The van der Waals surface area contributed by atoms with Gasteiger partial charge in [-0.2, -0.15) is 4.98 Å². The van der Waals surface area contributed by atoms with Crippen LogP contribution in [0.15, 0.2) is 35.3 Å². The predicted octanol–water partition coefficient (Wildman–Crippen LogP) is -1.48. The molecule has 3 aromatic rings. The Hall–Kier alpha value is -6.16. The van der Waals surface area contributed by atoms with E-state index in [1.807, 2.05) is 0 Å². The van der Waals surface area contributed by atoms with Gasteiger partial charge < -0.3 is 31.7 Å². The molecule has 3 aliphatic heterocycles. The lowest BCUT2D eigenvalue weighted by Crippen LogP contribution is -2.57. The molecule has 1 aromatic carbocycles. The lowest BCUT2D eigenvalue weighted by Gasteiger charge is -2.33. The third-order valence-corrected chi connectivity index (χ3v) is 10.3. The zero-order valence-corrected chi connectivity index (χ0v) is 28.3.